The second-order valence-corrected chi connectivity index (χ2v) is 3.29. The first-order chi connectivity index (χ1) is 6.72. The standard InChI is InChI=1S/C10H10FNO2/c11-6-1-2-9-8(5-6)7(3-4-13)10(14)12-9/h1-2,5,7,13H,3-4H2,(H,12,14). The third kappa shape index (κ3) is 1.37. The Morgan fingerprint density at radius 1 is 1.50 bits per heavy atom. The molecule has 0 fully saturated rings. The number of aliphatic hydroxyl groups is 1. The van der Waals surface area contributed by atoms with Crippen LogP contribution in [0.5, 0.6) is 0 Å². The van der Waals surface area contributed by atoms with E-state index in [0.717, 1.165) is 0 Å². The molecular formula is C10H10FNO2. The molecule has 1 heterocycles. The van der Waals surface area contributed by atoms with E-state index in [9.17, 15) is 9.18 Å². The van der Waals surface area contributed by atoms with Crippen LogP contribution < -0.4 is 5.32 Å². The highest BCUT2D eigenvalue weighted by atomic mass is 19.1. The van der Waals surface area contributed by atoms with E-state index < -0.39 is 5.92 Å². The number of anilines is 1. The van der Waals surface area contributed by atoms with Crippen LogP contribution in [0.3, 0.4) is 0 Å². The number of carbonyl (C=O) groups excluding carboxylic acids is 1. The van der Waals surface area contributed by atoms with Crippen molar-refractivity contribution in [2.75, 3.05) is 11.9 Å². The highest BCUT2D eigenvalue weighted by Crippen LogP contribution is 2.34. The summed E-state index contributed by atoms with van der Waals surface area (Å²) >= 11 is 0. The van der Waals surface area contributed by atoms with E-state index in [4.69, 9.17) is 5.11 Å². The first-order valence-electron chi connectivity index (χ1n) is 4.43. The Kier molecular flexibility index (Phi) is 2.21. The number of amides is 1. The molecule has 1 aromatic rings. The maximum atomic E-state index is 12.9. The molecule has 1 unspecified atom stereocenters. The van der Waals surface area contributed by atoms with Gasteiger partial charge in [-0.2, -0.15) is 0 Å². The zero-order valence-corrected chi connectivity index (χ0v) is 7.46. The topological polar surface area (TPSA) is 49.3 Å². The van der Waals surface area contributed by atoms with Gasteiger partial charge in [0.1, 0.15) is 5.82 Å². The molecule has 0 radical (unpaired) electrons. The van der Waals surface area contributed by atoms with Gasteiger partial charge in [-0.05, 0) is 30.2 Å². The smallest absolute Gasteiger partial charge is 0.232 e. The molecule has 4 heteroatoms. The monoisotopic (exact) mass is 195 g/mol. The quantitative estimate of drug-likeness (QED) is 0.746. The molecule has 2 rings (SSSR count). The van der Waals surface area contributed by atoms with E-state index in [0.29, 0.717) is 17.7 Å². The van der Waals surface area contributed by atoms with Gasteiger partial charge in [0.25, 0.3) is 0 Å². The number of fused-ring (bicyclic) bond motifs is 1. The summed E-state index contributed by atoms with van der Waals surface area (Å²) in [5.74, 6) is -0.937. The van der Waals surface area contributed by atoms with Gasteiger partial charge in [0.05, 0.1) is 5.92 Å². The van der Waals surface area contributed by atoms with Crippen molar-refractivity contribution in [1.29, 1.82) is 0 Å². The van der Waals surface area contributed by atoms with E-state index in [2.05, 4.69) is 5.32 Å². The fourth-order valence-electron chi connectivity index (χ4n) is 1.71. The fraction of sp³-hybridized carbons (Fsp3) is 0.300. The van der Waals surface area contributed by atoms with Gasteiger partial charge in [-0.25, -0.2) is 4.39 Å². The lowest BCUT2D eigenvalue weighted by molar-refractivity contribution is -0.117. The number of hydrogen-bond acceptors (Lipinski definition) is 2. The first-order valence-corrected chi connectivity index (χ1v) is 4.43. The predicted molar refractivity (Wildman–Crippen MR) is 49.5 cm³/mol. The van der Waals surface area contributed by atoms with Crippen LogP contribution in [-0.2, 0) is 4.79 Å². The zero-order chi connectivity index (χ0) is 10.1. The molecule has 0 aliphatic carbocycles. The van der Waals surface area contributed by atoms with Crippen LogP contribution in [0.1, 0.15) is 17.9 Å². The number of benzene rings is 1. The average molecular weight is 195 g/mol. The summed E-state index contributed by atoms with van der Waals surface area (Å²) in [5, 5.41) is 11.4. The number of aliphatic hydroxyl groups excluding tert-OH is 1. The van der Waals surface area contributed by atoms with Gasteiger partial charge in [0.2, 0.25) is 5.91 Å². The molecule has 0 saturated heterocycles. The van der Waals surface area contributed by atoms with Crippen molar-refractivity contribution in [3.63, 3.8) is 0 Å². The minimum atomic E-state index is -0.411. The second-order valence-electron chi connectivity index (χ2n) is 3.29. The van der Waals surface area contributed by atoms with Crippen LogP contribution in [-0.4, -0.2) is 17.6 Å². The molecule has 0 saturated carbocycles. The van der Waals surface area contributed by atoms with E-state index in [-0.39, 0.29) is 18.3 Å². The Hall–Kier alpha value is -1.42. The van der Waals surface area contributed by atoms with E-state index in [1.165, 1.54) is 12.1 Å². The highest BCUT2D eigenvalue weighted by Gasteiger charge is 2.29. The third-order valence-electron chi connectivity index (χ3n) is 2.38. The number of rotatable bonds is 2. The predicted octanol–water partition coefficient (Wildman–Crippen LogP) is 1.24. The van der Waals surface area contributed by atoms with Gasteiger partial charge in [-0.3, -0.25) is 4.79 Å². The lowest BCUT2D eigenvalue weighted by Crippen LogP contribution is -2.13. The van der Waals surface area contributed by atoms with Crippen molar-refractivity contribution in [3.05, 3.63) is 29.6 Å². The second kappa shape index (κ2) is 3.38. The van der Waals surface area contributed by atoms with Crippen molar-refractivity contribution in [1.82, 2.24) is 0 Å². The van der Waals surface area contributed by atoms with Crippen LogP contribution in [0.15, 0.2) is 18.2 Å². The Labute approximate surface area is 80.6 Å². The van der Waals surface area contributed by atoms with Crippen LogP contribution in [0.2, 0.25) is 0 Å². The van der Waals surface area contributed by atoms with Gasteiger partial charge in [-0.15, -0.1) is 0 Å². The maximum Gasteiger partial charge on any atom is 0.232 e. The molecule has 1 atom stereocenters. The third-order valence-corrected chi connectivity index (χ3v) is 2.38. The molecular weight excluding hydrogens is 185 g/mol. The lowest BCUT2D eigenvalue weighted by Gasteiger charge is -2.05. The van der Waals surface area contributed by atoms with Crippen molar-refractivity contribution >= 4 is 11.6 Å². The molecule has 0 aromatic heterocycles. The van der Waals surface area contributed by atoms with Crippen LogP contribution in [0.25, 0.3) is 0 Å². The van der Waals surface area contributed by atoms with Crippen LogP contribution in [0, 0.1) is 5.82 Å². The molecule has 1 amide bonds. The van der Waals surface area contributed by atoms with Gasteiger partial charge in [-0.1, -0.05) is 0 Å². The fourth-order valence-corrected chi connectivity index (χ4v) is 1.71. The summed E-state index contributed by atoms with van der Waals surface area (Å²) in [6.45, 7) is -0.0754. The Morgan fingerprint density at radius 3 is 3.00 bits per heavy atom. The normalized spacial score (nSPS) is 19.3. The largest absolute Gasteiger partial charge is 0.396 e. The van der Waals surface area contributed by atoms with Gasteiger partial charge in [0.15, 0.2) is 0 Å². The molecule has 1 aromatic carbocycles. The molecule has 2 N–H and O–H groups in total. The lowest BCUT2D eigenvalue weighted by atomic mass is 9.98. The molecule has 1 aliphatic heterocycles. The molecule has 14 heavy (non-hydrogen) atoms. The molecule has 3 nitrogen and oxygen atoms in total. The molecule has 0 bridgehead atoms. The minimum absolute atomic E-state index is 0.0754. The number of hydrogen-bond donors (Lipinski definition) is 2. The van der Waals surface area contributed by atoms with Crippen molar-refractivity contribution in [3.8, 4) is 0 Å². The highest BCUT2D eigenvalue weighted by molar-refractivity contribution is 6.02. The van der Waals surface area contributed by atoms with Crippen molar-refractivity contribution in [2.45, 2.75) is 12.3 Å². The molecule has 1 aliphatic rings. The van der Waals surface area contributed by atoms with Crippen LogP contribution >= 0.6 is 0 Å². The van der Waals surface area contributed by atoms with Gasteiger partial charge >= 0.3 is 0 Å². The summed E-state index contributed by atoms with van der Waals surface area (Å²) in [4.78, 5) is 11.4. The maximum absolute atomic E-state index is 12.9. The molecule has 0 spiro atoms. The van der Waals surface area contributed by atoms with E-state index in [1.54, 1.807) is 6.07 Å². The van der Waals surface area contributed by atoms with Crippen molar-refractivity contribution in [2.24, 2.45) is 0 Å². The Bertz CT molecular complexity index is 378. The SMILES string of the molecule is O=C1Nc2ccc(F)cc2C1CCO. The summed E-state index contributed by atoms with van der Waals surface area (Å²) < 4.78 is 12.9. The van der Waals surface area contributed by atoms with Gasteiger partial charge in [0, 0.05) is 12.3 Å². The number of halogens is 1. The number of nitrogens with one attached hydrogen (secondary N) is 1. The summed E-state index contributed by atoms with van der Waals surface area (Å²) in [6, 6.07) is 4.19. The minimum Gasteiger partial charge on any atom is -0.396 e. The Balaban J connectivity index is 2.39. The summed E-state index contributed by atoms with van der Waals surface area (Å²) in [5.41, 5.74) is 1.29. The number of carbonyl (C=O) groups is 1. The van der Waals surface area contributed by atoms with Crippen LogP contribution in [0.4, 0.5) is 10.1 Å². The zero-order valence-electron chi connectivity index (χ0n) is 7.46. The summed E-state index contributed by atoms with van der Waals surface area (Å²) in [6.07, 6.45) is 0.336. The van der Waals surface area contributed by atoms with Crippen molar-refractivity contribution < 1.29 is 14.3 Å². The van der Waals surface area contributed by atoms with E-state index in [1.807, 2.05) is 0 Å². The average Bonchev–Trinajstić information content (AvgIpc) is 2.45. The summed E-state index contributed by atoms with van der Waals surface area (Å²) in [7, 11) is 0. The van der Waals surface area contributed by atoms with E-state index >= 15 is 0 Å². The Morgan fingerprint density at radius 2 is 2.29 bits per heavy atom. The first kappa shape index (κ1) is 9.15. The van der Waals surface area contributed by atoms with Gasteiger partial charge < -0.3 is 10.4 Å². The molecule has 74 valence electrons.